The lowest BCUT2D eigenvalue weighted by atomic mass is 10.2. The quantitative estimate of drug-likeness (QED) is 0.800. The molecule has 0 unspecified atom stereocenters. The Hall–Kier alpha value is -2.50. The molecule has 98 valence electrons. The number of carbonyl (C=O) groups excluding carboxylic acids is 1. The second-order valence-corrected chi connectivity index (χ2v) is 3.53. The summed E-state index contributed by atoms with van der Waals surface area (Å²) in [6, 6.07) is 6.00. The van der Waals surface area contributed by atoms with Gasteiger partial charge in [-0.3, -0.25) is 0 Å². The van der Waals surface area contributed by atoms with E-state index in [0.29, 0.717) is 0 Å². The molecule has 0 bridgehead atoms. The predicted molar refractivity (Wildman–Crippen MR) is 62.0 cm³/mol. The van der Waals surface area contributed by atoms with Crippen molar-refractivity contribution in [2.75, 3.05) is 7.11 Å². The van der Waals surface area contributed by atoms with E-state index in [2.05, 4.69) is 9.72 Å². The fourth-order valence-electron chi connectivity index (χ4n) is 1.39. The number of ether oxygens (including phenoxy) is 2. The van der Waals surface area contributed by atoms with Crippen molar-refractivity contribution >= 4 is 5.97 Å². The Morgan fingerprint density at radius 2 is 2.00 bits per heavy atom. The maximum Gasteiger partial charge on any atom is 0.343 e. The van der Waals surface area contributed by atoms with Crippen molar-refractivity contribution in [3.05, 3.63) is 53.7 Å². The maximum absolute atomic E-state index is 13.0. The summed E-state index contributed by atoms with van der Waals surface area (Å²) < 4.78 is 35.6. The molecule has 1 aromatic heterocycles. The molecule has 0 radical (unpaired) electrons. The first kappa shape index (κ1) is 12.9. The van der Waals surface area contributed by atoms with Crippen LogP contribution >= 0.6 is 0 Å². The average molecular weight is 265 g/mol. The van der Waals surface area contributed by atoms with Crippen molar-refractivity contribution in [3.63, 3.8) is 0 Å². The molecule has 4 nitrogen and oxygen atoms in total. The zero-order valence-corrected chi connectivity index (χ0v) is 9.89. The molecule has 0 aliphatic carbocycles. The molecule has 0 N–H and O–H groups in total. The number of benzene rings is 1. The van der Waals surface area contributed by atoms with Crippen LogP contribution in [0.25, 0.3) is 0 Å². The molecular weight excluding hydrogens is 256 g/mol. The smallest absolute Gasteiger partial charge is 0.343 e. The summed E-state index contributed by atoms with van der Waals surface area (Å²) in [7, 11) is 1.22. The molecule has 0 spiro atoms. The summed E-state index contributed by atoms with van der Waals surface area (Å²) in [5, 5.41) is 0. The highest BCUT2D eigenvalue weighted by Gasteiger charge is 2.15. The van der Waals surface area contributed by atoms with Gasteiger partial charge in [-0.1, -0.05) is 0 Å². The summed E-state index contributed by atoms with van der Waals surface area (Å²) in [5.74, 6) is -2.68. The standard InChI is InChI=1S/C13H9F2NO3/c1-18-13(17)9-3-2-6-16-12(9)19-8-4-5-10(14)11(15)7-8/h2-7H,1H3. The van der Waals surface area contributed by atoms with Gasteiger partial charge in [0, 0.05) is 12.3 Å². The Morgan fingerprint density at radius 1 is 1.21 bits per heavy atom. The predicted octanol–water partition coefficient (Wildman–Crippen LogP) is 2.94. The number of aromatic nitrogens is 1. The molecule has 2 aromatic rings. The number of nitrogens with zero attached hydrogens (tertiary/aromatic N) is 1. The van der Waals surface area contributed by atoms with E-state index in [1.165, 1.54) is 31.5 Å². The largest absolute Gasteiger partial charge is 0.465 e. The van der Waals surface area contributed by atoms with Crippen LogP contribution in [0.15, 0.2) is 36.5 Å². The van der Waals surface area contributed by atoms with E-state index in [-0.39, 0.29) is 17.2 Å². The van der Waals surface area contributed by atoms with Crippen molar-refractivity contribution in [1.82, 2.24) is 4.98 Å². The number of methoxy groups -OCH3 is 1. The van der Waals surface area contributed by atoms with Crippen LogP contribution in [0, 0.1) is 11.6 Å². The van der Waals surface area contributed by atoms with Crippen molar-refractivity contribution < 1.29 is 23.0 Å². The minimum absolute atomic E-state index is 0.0303. The van der Waals surface area contributed by atoms with Crippen LogP contribution in [0.1, 0.15) is 10.4 Å². The van der Waals surface area contributed by atoms with E-state index < -0.39 is 17.6 Å². The van der Waals surface area contributed by atoms with E-state index in [0.717, 1.165) is 12.1 Å². The topological polar surface area (TPSA) is 48.4 Å². The zero-order valence-electron chi connectivity index (χ0n) is 9.89. The first-order chi connectivity index (χ1) is 9.11. The Labute approximate surface area is 107 Å². The number of hydrogen-bond donors (Lipinski definition) is 0. The normalized spacial score (nSPS) is 10.1. The Morgan fingerprint density at radius 3 is 2.68 bits per heavy atom. The van der Waals surface area contributed by atoms with Gasteiger partial charge in [-0.05, 0) is 24.3 Å². The average Bonchev–Trinajstić information content (AvgIpc) is 2.43. The molecule has 0 fully saturated rings. The molecule has 1 heterocycles. The van der Waals surface area contributed by atoms with Gasteiger partial charge in [0.2, 0.25) is 5.88 Å². The first-order valence-corrected chi connectivity index (χ1v) is 5.28. The van der Waals surface area contributed by atoms with Gasteiger partial charge >= 0.3 is 5.97 Å². The number of hydrogen-bond acceptors (Lipinski definition) is 4. The van der Waals surface area contributed by atoms with Crippen LogP contribution in [0.5, 0.6) is 11.6 Å². The third kappa shape index (κ3) is 2.85. The van der Waals surface area contributed by atoms with Gasteiger partial charge in [0.25, 0.3) is 0 Å². The number of rotatable bonds is 3. The van der Waals surface area contributed by atoms with Crippen LogP contribution in [0.4, 0.5) is 8.78 Å². The number of carbonyl (C=O) groups is 1. The highest BCUT2D eigenvalue weighted by atomic mass is 19.2. The summed E-state index contributed by atoms with van der Waals surface area (Å²) in [4.78, 5) is 15.3. The van der Waals surface area contributed by atoms with Gasteiger partial charge < -0.3 is 9.47 Å². The lowest BCUT2D eigenvalue weighted by Crippen LogP contribution is -2.04. The molecule has 0 aliphatic heterocycles. The Kier molecular flexibility index (Phi) is 3.70. The van der Waals surface area contributed by atoms with Gasteiger partial charge in [0.15, 0.2) is 11.6 Å². The van der Waals surface area contributed by atoms with E-state index in [9.17, 15) is 13.6 Å². The zero-order chi connectivity index (χ0) is 13.8. The SMILES string of the molecule is COC(=O)c1cccnc1Oc1ccc(F)c(F)c1. The Balaban J connectivity index is 2.32. The van der Waals surface area contributed by atoms with Crippen LogP contribution in [-0.4, -0.2) is 18.1 Å². The van der Waals surface area contributed by atoms with Gasteiger partial charge in [0.1, 0.15) is 11.3 Å². The molecule has 0 saturated carbocycles. The maximum atomic E-state index is 13.0. The van der Waals surface area contributed by atoms with Crippen molar-refractivity contribution in [2.24, 2.45) is 0 Å². The fourth-order valence-corrected chi connectivity index (χ4v) is 1.39. The van der Waals surface area contributed by atoms with E-state index in [1.54, 1.807) is 0 Å². The third-order valence-electron chi connectivity index (χ3n) is 2.28. The van der Waals surface area contributed by atoms with Crippen molar-refractivity contribution in [1.29, 1.82) is 0 Å². The van der Waals surface area contributed by atoms with Gasteiger partial charge in [-0.25, -0.2) is 18.6 Å². The number of esters is 1. The molecule has 0 aliphatic rings. The van der Waals surface area contributed by atoms with E-state index >= 15 is 0 Å². The monoisotopic (exact) mass is 265 g/mol. The van der Waals surface area contributed by atoms with Crippen LogP contribution in [0.3, 0.4) is 0 Å². The Bertz CT molecular complexity index is 617. The van der Waals surface area contributed by atoms with Crippen molar-refractivity contribution in [3.8, 4) is 11.6 Å². The van der Waals surface area contributed by atoms with Crippen LogP contribution in [-0.2, 0) is 4.74 Å². The molecule has 0 saturated heterocycles. The molecule has 6 heteroatoms. The van der Waals surface area contributed by atoms with Gasteiger partial charge in [-0.15, -0.1) is 0 Å². The number of halogens is 2. The summed E-state index contributed by atoms with van der Waals surface area (Å²) in [6.45, 7) is 0. The summed E-state index contributed by atoms with van der Waals surface area (Å²) in [6.07, 6.45) is 1.40. The van der Waals surface area contributed by atoms with Crippen LogP contribution < -0.4 is 4.74 Å². The molecular formula is C13H9F2NO3. The van der Waals surface area contributed by atoms with Crippen LogP contribution in [0.2, 0.25) is 0 Å². The lowest BCUT2D eigenvalue weighted by Gasteiger charge is -2.08. The highest BCUT2D eigenvalue weighted by molar-refractivity contribution is 5.91. The molecule has 2 rings (SSSR count). The molecule has 0 amide bonds. The van der Waals surface area contributed by atoms with Crippen molar-refractivity contribution in [2.45, 2.75) is 0 Å². The van der Waals surface area contributed by atoms with Gasteiger partial charge in [0.05, 0.1) is 7.11 Å². The van der Waals surface area contributed by atoms with E-state index in [4.69, 9.17) is 4.74 Å². The molecule has 1 aromatic carbocycles. The second-order valence-electron chi connectivity index (χ2n) is 3.53. The minimum atomic E-state index is -1.05. The minimum Gasteiger partial charge on any atom is -0.465 e. The molecule has 0 atom stereocenters. The van der Waals surface area contributed by atoms with E-state index in [1.807, 2.05) is 0 Å². The second kappa shape index (κ2) is 5.43. The number of pyridine rings is 1. The summed E-state index contributed by atoms with van der Waals surface area (Å²) >= 11 is 0. The van der Waals surface area contributed by atoms with Gasteiger partial charge in [-0.2, -0.15) is 0 Å². The molecule has 19 heavy (non-hydrogen) atoms. The lowest BCUT2D eigenvalue weighted by molar-refractivity contribution is 0.0597. The highest BCUT2D eigenvalue weighted by Crippen LogP contribution is 2.24. The first-order valence-electron chi connectivity index (χ1n) is 5.28. The fraction of sp³-hybridized carbons (Fsp3) is 0.0769. The summed E-state index contributed by atoms with van der Waals surface area (Å²) in [5.41, 5.74) is 0.0923. The third-order valence-corrected chi connectivity index (χ3v) is 2.28.